The molecular weight excluding hydrogens is 486 g/mol. The van der Waals surface area contributed by atoms with Crippen LogP contribution in [0.5, 0.6) is 0 Å². The maximum absolute atomic E-state index is 12.9. The lowest BCUT2D eigenvalue weighted by Crippen LogP contribution is -2.59. The Kier molecular flexibility index (Phi) is 6.55. The van der Waals surface area contributed by atoms with Crippen molar-refractivity contribution in [2.75, 3.05) is 65.3 Å². The number of benzene rings is 2. The molecule has 2 aliphatic heterocycles. The fraction of sp³-hybridized carbons (Fsp3) is 0.323. The number of likely N-dealkylation sites (N-methyl/N-ethyl adjacent to an activating group) is 2. The normalized spacial score (nSPS) is 16.5. The summed E-state index contributed by atoms with van der Waals surface area (Å²) in [5, 5.41) is 10.9. The quantitative estimate of drug-likeness (QED) is 0.431. The number of piperazine rings is 1. The van der Waals surface area contributed by atoms with Crippen molar-refractivity contribution >= 4 is 22.6 Å². The molecule has 8 nitrogen and oxygen atoms in total. The summed E-state index contributed by atoms with van der Waals surface area (Å²) in [7, 11) is 6.23. The van der Waals surface area contributed by atoms with Crippen LogP contribution in [0.2, 0.25) is 0 Å². The van der Waals surface area contributed by atoms with Crippen LogP contribution in [0.4, 0.5) is 5.69 Å². The van der Waals surface area contributed by atoms with Gasteiger partial charge in [-0.15, -0.1) is 0 Å². The standard InChI is InChI=1S/C31H33N7O/c1-35(2)26-19-38(20-26)31(39)22-6-4-21(5-7-22)28-18-34-30-27(28)15-25(17-33-30)23-8-9-29(24(14-23)16-32)37-12-10-36(3)11-13-37/h4-9,14-15,17-18,26H,10-13,19-20H2,1-3H3,(H,33,34). The van der Waals surface area contributed by atoms with E-state index in [1.54, 1.807) is 0 Å². The van der Waals surface area contributed by atoms with Crippen molar-refractivity contribution in [2.45, 2.75) is 6.04 Å². The zero-order chi connectivity index (χ0) is 27.1. The minimum absolute atomic E-state index is 0.0795. The van der Waals surface area contributed by atoms with Crippen molar-refractivity contribution in [3.05, 3.63) is 72.1 Å². The van der Waals surface area contributed by atoms with E-state index in [9.17, 15) is 10.1 Å². The largest absolute Gasteiger partial charge is 0.368 e. The number of nitriles is 1. The van der Waals surface area contributed by atoms with Crippen LogP contribution >= 0.6 is 0 Å². The zero-order valence-corrected chi connectivity index (χ0v) is 22.7. The summed E-state index contributed by atoms with van der Waals surface area (Å²) < 4.78 is 0. The number of anilines is 1. The summed E-state index contributed by atoms with van der Waals surface area (Å²) in [6.45, 7) is 5.37. The van der Waals surface area contributed by atoms with Gasteiger partial charge < -0.3 is 24.6 Å². The molecule has 2 aromatic heterocycles. The Morgan fingerprint density at radius 2 is 1.72 bits per heavy atom. The number of aromatic nitrogens is 2. The maximum Gasteiger partial charge on any atom is 0.253 e. The summed E-state index contributed by atoms with van der Waals surface area (Å²) in [6, 6.07) is 18.9. The second-order valence-electron chi connectivity index (χ2n) is 10.9. The molecule has 0 spiro atoms. The second kappa shape index (κ2) is 10.2. The first kappa shape index (κ1) is 25.1. The number of pyridine rings is 1. The number of carbonyl (C=O) groups excluding carboxylic acids is 1. The number of nitrogens with one attached hydrogen (secondary N) is 1. The Morgan fingerprint density at radius 1 is 1.00 bits per heavy atom. The van der Waals surface area contributed by atoms with Crippen LogP contribution in [-0.4, -0.2) is 97.0 Å². The van der Waals surface area contributed by atoms with Crippen LogP contribution in [0.1, 0.15) is 15.9 Å². The molecule has 6 rings (SSSR count). The van der Waals surface area contributed by atoms with Crippen molar-refractivity contribution in [3.63, 3.8) is 0 Å². The van der Waals surface area contributed by atoms with E-state index < -0.39 is 0 Å². The third-order valence-electron chi connectivity index (χ3n) is 8.15. The topological polar surface area (TPSA) is 82.5 Å². The lowest BCUT2D eigenvalue weighted by molar-refractivity contribution is 0.0399. The van der Waals surface area contributed by atoms with Crippen LogP contribution in [0.3, 0.4) is 0 Å². The average Bonchev–Trinajstić information content (AvgIpc) is 3.35. The Balaban J connectivity index is 1.25. The van der Waals surface area contributed by atoms with Gasteiger partial charge in [-0.25, -0.2) is 4.98 Å². The van der Waals surface area contributed by atoms with Gasteiger partial charge in [0.25, 0.3) is 5.91 Å². The summed E-state index contributed by atoms with van der Waals surface area (Å²) in [4.78, 5) is 29.5. The minimum atomic E-state index is 0.0795. The third kappa shape index (κ3) is 4.76. The second-order valence-corrected chi connectivity index (χ2v) is 10.9. The fourth-order valence-corrected chi connectivity index (χ4v) is 5.45. The molecule has 0 radical (unpaired) electrons. The number of hydrogen-bond acceptors (Lipinski definition) is 6. The predicted octanol–water partition coefficient (Wildman–Crippen LogP) is 3.91. The van der Waals surface area contributed by atoms with Gasteiger partial charge in [-0.3, -0.25) is 4.79 Å². The van der Waals surface area contributed by atoms with Gasteiger partial charge in [-0.05, 0) is 62.6 Å². The van der Waals surface area contributed by atoms with Crippen molar-refractivity contribution in [1.82, 2.24) is 24.7 Å². The molecule has 39 heavy (non-hydrogen) atoms. The maximum atomic E-state index is 12.9. The Morgan fingerprint density at radius 3 is 2.41 bits per heavy atom. The van der Waals surface area contributed by atoms with Crippen LogP contribution in [0.15, 0.2) is 60.9 Å². The highest BCUT2D eigenvalue weighted by Crippen LogP contribution is 2.33. The molecule has 8 heteroatoms. The number of amides is 1. The van der Waals surface area contributed by atoms with Gasteiger partial charge in [0.05, 0.1) is 11.3 Å². The monoisotopic (exact) mass is 519 g/mol. The van der Waals surface area contributed by atoms with Gasteiger partial charge in [-0.1, -0.05) is 18.2 Å². The fourth-order valence-electron chi connectivity index (χ4n) is 5.45. The summed E-state index contributed by atoms with van der Waals surface area (Å²) >= 11 is 0. The summed E-state index contributed by atoms with van der Waals surface area (Å²) in [5.41, 5.74) is 7.18. The number of H-pyrrole nitrogens is 1. The molecule has 0 aliphatic carbocycles. The first-order chi connectivity index (χ1) is 18.9. The first-order valence-electron chi connectivity index (χ1n) is 13.4. The number of carbonyl (C=O) groups is 1. The molecule has 4 aromatic rings. The SMILES string of the molecule is CN1CCN(c2ccc(-c3cnc4[nH]cc(-c5ccc(C(=O)N6CC(N(C)C)C6)cc5)c4c3)cc2C#N)CC1. The molecule has 0 bridgehead atoms. The smallest absolute Gasteiger partial charge is 0.253 e. The first-order valence-corrected chi connectivity index (χ1v) is 13.4. The molecule has 2 fully saturated rings. The number of fused-ring (bicyclic) bond motifs is 1. The zero-order valence-electron chi connectivity index (χ0n) is 22.7. The Labute approximate surface area is 229 Å². The van der Waals surface area contributed by atoms with Gasteiger partial charge in [0, 0.05) is 79.8 Å². The van der Waals surface area contributed by atoms with Crippen LogP contribution in [0, 0.1) is 11.3 Å². The van der Waals surface area contributed by atoms with E-state index in [0.717, 1.165) is 78.2 Å². The van der Waals surface area contributed by atoms with Gasteiger partial charge in [-0.2, -0.15) is 5.26 Å². The van der Waals surface area contributed by atoms with E-state index in [0.29, 0.717) is 17.2 Å². The lowest BCUT2D eigenvalue weighted by atomic mass is 9.99. The number of hydrogen-bond donors (Lipinski definition) is 1. The minimum Gasteiger partial charge on any atom is -0.368 e. The lowest BCUT2D eigenvalue weighted by Gasteiger charge is -2.42. The highest BCUT2D eigenvalue weighted by atomic mass is 16.2. The van der Waals surface area contributed by atoms with E-state index in [2.05, 4.69) is 70.1 Å². The van der Waals surface area contributed by atoms with Crippen LogP contribution in [-0.2, 0) is 0 Å². The molecule has 0 atom stereocenters. The van der Waals surface area contributed by atoms with Crippen LogP contribution in [0.25, 0.3) is 33.3 Å². The number of rotatable bonds is 5. The Hall–Kier alpha value is -4.19. The van der Waals surface area contributed by atoms with Gasteiger partial charge in [0.15, 0.2) is 0 Å². The van der Waals surface area contributed by atoms with E-state index in [1.165, 1.54) is 0 Å². The average molecular weight is 520 g/mol. The molecule has 1 N–H and O–H groups in total. The highest BCUT2D eigenvalue weighted by molar-refractivity contribution is 5.98. The van der Waals surface area contributed by atoms with Crippen LogP contribution < -0.4 is 4.90 Å². The van der Waals surface area contributed by atoms with Gasteiger partial charge >= 0.3 is 0 Å². The third-order valence-corrected chi connectivity index (χ3v) is 8.15. The molecule has 0 saturated carbocycles. The van der Waals surface area contributed by atoms with Crippen molar-refractivity contribution in [2.24, 2.45) is 0 Å². The molecule has 2 aromatic carbocycles. The van der Waals surface area contributed by atoms with E-state index >= 15 is 0 Å². The molecule has 198 valence electrons. The van der Waals surface area contributed by atoms with Gasteiger partial charge in [0.2, 0.25) is 0 Å². The van der Waals surface area contributed by atoms with Crippen molar-refractivity contribution < 1.29 is 4.79 Å². The van der Waals surface area contributed by atoms with E-state index in [1.807, 2.05) is 47.6 Å². The molecule has 2 aliphatic rings. The van der Waals surface area contributed by atoms with E-state index in [4.69, 9.17) is 0 Å². The number of aromatic amines is 1. The molecular formula is C31H33N7O. The molecule has 0 unspecified atom stereocenters. The van der Waals surface area contributed by atoms with E-state index in [-0.39, 0.29) is 5.91 Å². The highest BCUT2D eigenvalue weighted by Gasteiger charge is 2.32. The van der Waals surface area contributed by atoms with Crippen molar-refractivity contribution in [1.29, 1.82) is 5.26 Å². The Bertz CT molecular complexity index is 1550. The number of likely N-dealkylation sites (tertiary alicyclic amines) is 1. The summed E-state index contributed by atoms with van der Waals surface area (Å²) in [5.74, 6) is 0.0795. The van der Waals surface area contributed by atoms with Crippen molar-refractivity contribution in [3.8, 4) is 28.3 Å². The molecule has 4 heterocycles. The predicted molar refractivity (Wildman–Crippen MR) is 155 cm³/mol. The molecule has 2 saturated heterocycles. The number of nitrogens with zero attached hydrogens (tertiary/aromatic N) is 6. The summed E-state index contributed by atoms with van der Waals surface area (Å²) in [6.07, 6.45) is 3.82. The molecule has 1 amide bonds. The van der Waals surface area contributed by atoms with Gasteiger partial charge in [0.1, 0.15) is 11.7 Å².